The summed E-state index contributed by atoms with van der Waals surface area (Å²) in [6.07, 6.45) is 4.51. The first-order chi connectivity index (χ1) is 9.77. The largest absolute Gasteiger partial charge is 0.352 e. The number of rotatable bonds is 4. The highest BCUT2D eigenvalue weighted by atomic mass is 32.2. The van der Waals surface area contributed by atoms with Crippen LogP contribution in [0.15, 0.2) is 6.20 Å². The zero-order chi connectivity index (χ0) is 15.6. The Hall–Kier alpha value is -1.41. The quantitative estimate of drug-likeness (QED) is 0.849. The minimum absolute atomic E-state index is 0.0911. The summed E-state index contributed by atoms with van der Waals surface area (Å²) < 4.78 is 26.2. The van der Waals surface area contributed by atoms with Crippen LogP contribution >= 0.6 is 0 Å². The van der Waals surface area contributed by atoms with Gasteiger partial charge in [-0.25, -0.2) is 12.7 Å². The summed E-state index contributed by atoms with van der Waals surface area (Å²) in [5, 5.41) is 7.10. The molecule has 0 aliphatic carbocycles. The molecule has 1 aliphatic rings. The number of piperidine rings is 1. The van der Waals surface area contributed by atoms with Gasteiger partial charge < -0.3 is 5.32 Å². The Morgan fingerprint density at radius 1 is 1.52 bits per heavy atom. The predicted octanol–water partition coefficient (Wildman–Crippen LogP) is 0.0163. The highest BCUT2D eigenvalue weighted by Crippen LogP contribution is 2.19. The molecule has 0 radical (unpaired) electrons. The van der Waals surface area contributed by atoms with Gasteiger partial charge in [-0.15, -0.1) is 0 Å². The van der Waals surface area contributed by atoms with Gasteiger partial charge in [0, 0.05) is 38.4 Å². The molecule has 1 saturated heterocycles. The van der Waals surface area contributed by atoms with Crippen molar-refractivity contribution in [2.45, 2.75) is 26.3 Å². The van der Waals surface area contributed by atoms with Crippen molar-refractivity contribution in [3.05, 3.63) is 17.5 Å². The first-order valence-corrected chi connectivity index (χ1v) is 8.84. The van der Waals surface area contributed by atoms with Gasteiger partial charge in [0.25, 0.3) is 0 Å². The number of carbonyl (C=O) groups is 1. The van der Waals surface area contributed by atoms with Crippen molar-refractivity contribution >= 4 is 15.9 Å². The fourth-order valence-electron chi connectivity index (χ4n) is 2.61. The van der Waals surface area contributed by atoms with Gasteiger partial charge in [0.15, 0.2) is 0 Å². The Labute approximate surface area is 125 Å². The molecule has 0 spiro atoms. The van der Waals surface area contributed by atoms with E-state index >= 15 is 0 Å². The Kier molecular flexibility index (Phi) is 4.67. The number of carbonyl (C=O) groups excluding carboxylic acids is 1. The third kappa shape index (κ3) is 4.04. The number of aryl methyl sites for hydroxylation is 2. The van der Waals surface area contributed by atoms with Crippen LogP contribution in [-0.2, 0) is 28.4 Å². The lowest BCUT2D eigenvalue weighted by Gasteiger charge is -2.30. The van der Waals surface area contributed by atoms with E-state index in [-0.39, 0.29) is 18.4 Å². The van der Waals surface area contributed by atoms with Gasteiger partial charge in [-0.1, -0.05) is 0 Å². The molecule has 1 amide bonds. The second kappa shape index (κ2) is 6.15. The van der Waals surface area contributed by atoms with E-state index in [1.165, 1.54) is 10.6 Å². The van der Waals surface area contributed by atoms with Crippen LogP contribution in [-0.4, -0.2) is 47.8 Å². The first kappa shape index (κ1) is 16.0. The molecular formula is C13H22N4O3S. The maximum absolute atomic E-state index is 12.2. The minimum Gasteiger partial charge on any atom is -0.352 e. The van der Waals surface area contributed by atoms with Gasteiger partial charge in [-0.05, 0) is 19.8 Å². The Balaban J connectivity index is 1.93. The molecule has 21 heavy (non-hydrogen) atoms. The summed E-state index contributed by atoms with van der Waals surface area (Å²) in [6, 6.07) is 0. The van der Waals surface area contributed by atoms with Crippen molar-refractivity contribution in [1.82, 2.24) is 19.4 Å². The second-order valence-electron chi connectivity index (χ2n) is 5.59. The van der Waals surface area contributed by atoms with Crippen LogP contribution in [0.4, 0.5) is 0 Å². The van der Waals surface area contributed by atoms with Crippen LogP contribution in [0.2, 0.25) is 0 Å². The van der Waals surface area contributed by atoms with Crippen LogP contribution in [0.1, 0.15) is 24.1 Å². The Morgan fingerprint density at radius 3 is 2.81 bits per heavy atom. The maximum Gasteiger partial charge on any atom is 0.224 e. The van der Waals surface area contributed by atoms with Crippen LogP contribution in [0.3, 0.4) is 0 Å². The highest BCUT2D eigenvalue weighted by molar-refractivity contribution is 7.88. The normalized spacial score (nSPS) is 20.4. The summed E-state index contributed by atoms with van der Waals surface area (Å²) >= 11 is 0. The standard InChI is InChI=1S/C13H22N4O3S/c1-10-12(8-16(2)15-10)7-14-13(18)11-5-4-6-17(9-11)21(3,19)20/h8,11H,4-7,9H2,1-3H3,(H,14,18). The number of sulfonamides is 1. The lowest BCUT2D eigenvalue weighted by atomic mass is 9.99. The summed E-state index contributed by atoms with van der Waals surface area (Å²) in [5.41, 5.74) is 1.86. The summed E-state index contributed by atoms with van der Waals surface area (Å²) in [5.74, 6) is -0.364. The average Bonchev–Trinajstić information content (AvgIpc) is 2.73. The molecule has 1 unspecified atom stereocenters. The molecule has 1 N–H and O–H groups in total. The van der Waals surface area contributed by atoms with E-state index in [0.717, 1.165) is 24.1 Å². The van der Waals surface area contributed by atoms with Gasteiger partial charge in [-0.3, -0.25) is 9.48 Å². The lowest BCUT2D eigenvalue weighted by Crippen LogP contribution is -2.44. The molecule has 0 saturated carbocycles. The van der Waals surface area contributed by atoms with E-state index in [1.807, 2.05) is 20.2 Å². The maximum atomic E-state index is 12.2. The molecule has 1 atom stereocenters. The number of nitrogens with one attached hydrogen (secondary N) is 1. The van der Waals surface area contributed by atoms with E-state index in [0.29, 0.717) is 13.1 Å². The Morgan fingerprint density at radius 2 is 2.24 bits per heavy atom. The van der Waals surface area contributed by atoms with Crippen molar-refractivity contribution < 1.29 is 13.2 Å². The topological polar surface area (TPSA) is 84.3 Å². The second-order valence-corrected chi connectivity index (χ2v) is 7.57. The summed E-state index contributed by atoms with van der Waals surface area (Å²) in [7, 11) is -1.39. The van der Waals surface area contributed by atoms with Crippen molar-refractivity contribution in [2.24, 2.45) is 13.0 Å². The first-order valence-electron chi connectivity index (χ1n) is 6.99. The minimum atomic E-state index is -3.22. The van der Waals surface area contributed by atoms with Crippen LogP contribution in [0.25, 0.3) is 0 Å². The third-order valence-electron chi connectivity index (χ3n) is 3.79. The highest BCUT2D eigenvalue weighted by Gasteiger charge is 2.30. The van der Waals surface area contributed by atoms with Gasteiger partial charge in [0.05, 0.1) is 17.9 Å². The third-order valence-corrected chi connectivity index (χ3v) is 5.06. The Bertz CT molecular complexity index is 623. The number of hydrogen-bond donors (Lipinski definition) is 1. The van der Waals surface area contributed by atoms with Crippen LogP contribution in [0.5, 0.6) is 0 Å². The van der Waals surface area contributed by atoms with E-state index in [9.17, 15) is 13.2 Å². The van der Waals surface area contributed by atoms with E-state index in [4.69, 9.17) is 0 Å². The molecule has 0 bridgehead atoms. The summed E-state index contributed by atoms with van der Waals surface area (Å²) in [4.78, 5) is 12.2. The molecule has 2 rings (SSSR count). The van der Waals surface area contributed by atoms with Crippen LogP contribution < -0.4 is 5.32 Å². The zero-order valence-electron chi connectivity index (χ0n) is 12.7. The number of aromatic nitrogens is 2. The van der Waals surface area contributed by atoms with Crippen molar-refractivity contribution in [3.8, 4) is 0 Å². The van der Waals surface area contributed by atoms with Gasteiger partial charge >= 0.3 is 0 Å². The average molecular weight is 314 g/mol. The van der Waals surface area contributed by atoms with Gasteiger partial charge in [0.2, 0.25) is 15.9 Å². The molecule has 8 heteroatoms. The molecule has 7 nitrogen and oxygen atoms in total. The van der Waals surface area contributed by atoms with Crippen molar-refractivity contribution in [2.75, 3.05) is 19.3 Å². The van der Waals surface area contributed by atoms with Gasteiger partial charge in [-0.2, -0.15) is 5.10 Å². The molecular weight excluding hydrogens is 292 g/mol. The molecule has 1 fully saturated rings. The number of hydrogen-bond acceptors (Lipinski definition) is 4. The molecule has 0 aromatic carbocycles. The fourth-order valence-corrected chi connectivity index (χ4v) is 3.52. The molecule has 1 aromatic rings. The van der Waals surface area contributed by atoms with E-state index < -0.39 is 10.0 Å². The SMILES string of the molecule is Cc1nn(C)cc1CNC(=O)C1CCCN(S(C)(=O)=O)C1. The predicted molar refractivity (Wildman–Crippen MR) is 78.9 cm³/mol. The van der Waals surface area contributed by atoms with Gasteiger partial charge in [0.1, 0.15) is 0 Å². The van der Waals surface area contributed by atoms with Crippen LogP contribution in [0, 0.1) is 12.8 Å². The fraction of sp³-hybridized carbons (Fsp3) is 0.692. The van der Waals surface area contributed by atoms with E-state index in [1.54, 1.807) is 4.68 Å². The number of amides is 1. The van der Waals surface area contributed by atoms with Crippen molar-refractivity contribution in [1.29, 1.82) is 0 Å². The van der Waals surface area contributed by atoms with Crippen molar-refractivity contribution in [3.63, 3.8) is 0 Å². The molecule has 118 valence electrons. The van der Waals surface area contributed by atoms with E-state index in [2.05, 4.69) is 10.4 Å². The zero-order valence-corrected chi connectivity index (χ0v) is 13.5. The summed E-state index contributed by atoms with van der Waals surface area (Å²) in [6.45, 7) is 3.10. The smallest absolute Gasteiger partial charge is 0.224 e. The molecule has 1 aliphatic heterocycles. The monoisotopic (exact) mass is 314 g/mol. The lowest BCUT2D eigenvalue weighted by molar-refractivity contribution is -0.126. The number of nitrogens with zero attached hydrogens (tertiary/aromatic N) is 3. The molecule has 2 heterocycles. The molecule has 1 aromatic heterocycles.